The van der Waals surface area contributed by atoms with E-state index in [1.54, 1.807) is 11.8 Å². The van der Waals surface area contributed by atoms with Crippen LogP contribution in [-0.4, -0.2) is 27.8 Å². The third-order valence-corrected chi connectivity index (χ3v) is 7.01. The fourth-order valence-electron chi connectivity index (χ4n) is 4.13. The molecule has 4 nitrogen and oxygen atoms in total. The lowest BCUT2D eigenvalue weighted by Crippen LogP contribution is -2.24. The van der Waals surface area contributed by atoms with Gasteiger partial charge in [0.15, 0.2) is 5.16 Å². The molecule has 4 aromatic rings. The Morgan fingerprint density at radius 3 is 2.14 bits per heavy atom. The smallest absolute Gasteiger partial charge is 0.220 e. The van der Waals surface area contributed by atoms with Gasteiger partial charge >= 0.3 is 0 Å². The molecular formula is C30H33N3OS. The standard InChI is InChI=1S/C30H33N3OS/c1-2-33-29(26-18-10-5-11-19-26)28(25-16-8-4-9-17-25)32-30(33)35-23-13-12-22-31-27(34)21-20-24-14-6-3-7-15-24/h3-11,14-19H,2,12-13,20-23H2,1H3,(H,31,34). The summed E-state index contributed by atoms with van der Waals surface area (Å²) in [5.41, 5.74) is 5.74. The van der Waals surface area contributed by atoms with Gasteiger partial charge in [-0.2, -0.15) is 0 Å². The summed E-state index contributed by atoms with van der Waals surface area (Å²) in [4.78, 5) is 17.2. The van der Waals surface area contributed by atoms with E-state index in [1.807, 2.05) is 24.3 Å². The Labute approximate surface area is 212 Å². The van der Waals surface area contributed by atoms with Crippen molar-refractivity contribution in [3.8, 4) is 22.5 Å². The van der Waals surface area contributed by atoms with Crippen molar-refractivity contribution in [3.05, 3.63) is 96.6 Å². The first-order chi connectivity index (χ1) is 17.3. The Hall–Kier alpha value is -3.31. The average Bonchev–Trinajstić information content (AvgIpc) is 3.29. The molecule has 1 N–H and O–H groups in total. The number of hydrogen-bond acceptors (Lipinski definition) is 3. The highest BCUT2D eigenvalue weighted by Gasteiger charge is 2.19. The first-order valence-corrected chi connectivity index (χ1v) is 13.4. The maximum absolute atomic E-state index is 12.1. The molecule has 3 aromatic carbocycles. The highest BCUT2D eigenvalue weighted by molar-refractivity contribution is 7.99. The minimum absolute atomic E-state index is 0.128. The van der Waals surface area contributed by atoms with Gasteiger partial charge in [0.1, 0.15) is 0 Å². The summed E-state index contributed by atoms with van der Waals surface area (Å²) < 4.78 is 2.33. The van der Waals surface area contributed by atoms with Crippen molar-refractivity contribution < 1.29 is 4.79 Å². The van der Waals surface area contributed by atoms with E-state index >= 15 is 0 Å². The quantitative estimate of drug-likeness (QED) is 0.177. The zero-order valence-corrected chi connectivity index (χ0v) is 21.1. The molecule has 0 atom stereocenters. The number of amides is 1. The van der Waals surface area contributed by atoms with E-state index in [4.69, 9.17) is 4.98 Å². The van der Waals surface area contributed by atoms with Gasteiger partial charge < -0.3 is 9.88 Å². The molecule has 1 heterocycles. The Kier molecular flexibility index (Phi) is 9.18. The molecule has 0 fully saturated rings. The van der Waals surface area contributed by atoms with Gasteiger partial charge in [0.05, 0.1) is 11.4 Å². The molecule has 0 unspecified atom stereocenters. The van der Waals surface area contributed by atoms with Crippen molar-refractivity contribution in [2.75, 3.05) is 12.3 Å². The third-order valence-electron chi connectivity index (χ3n) is 5.95. The molecule has 4 rings (SSSR count). The molecule has 35 heavy (non-hydrogen) atoms. The highest BCUT2D eigenvalue weighted by atomic mass is 32.2. The van der Waals surface area contributed by atoms with Crippen LogP contribution in [0.25, 0.3) is 22.5 Å². The van der Waals surface area contributed by atoms with Gasteiger partial charge in [-0.25, -0.2) is 4.98 Å². The van der Waals surface area contributed by atoms with E-state index in [0.29, 0.717) is 6.42 Å². The second-order valence-corrected chi connectivity index (χ2v) is 9.52. The maximum atomic E-state index is 12.1. The Morgan fingerprint density at radius 1 is 0.857 bits per heavy atom. The van der Waals surface area contributed by atoms with Gasteiger partial charge in [0, 0.05) is 36.4 Å². The number of aromatic nitrogens is 2. The predicted octanol–water partition coefficient (Wildman–Crippen LogP) is 6.86. The summed E-state index contributed by atoms with van der Waals surface area (Å²) in [5.74, 6) is 1.10. The van der Waals surface area contributed by atoms with Gasteiger partial charge in [0.25, 0.3) is 0 Å². The predicted molar refractivity (Wildman–Crippen MR) is 147 cm³/mol. The van der Waals surface area contributed by atoms with Crippen LogP contribution >= 0.6 is 11.8 Å². The summed E-state index contributed by atoms with van der Waals surface area (Å²) in [5, 5.41) is 4.11. The molecule has 1 amide bonds. The van der Waals surface area contributed by atoms with Crippen LogP contribution in [0.4, 0.5) is 0 Å². The van der Waals surface area contributed by atoms with Crippen LogP contribution in [0.15, 0.2) is 96.2 Å². The number of carbonyl (C=O) groups is 1. The number of thioether (sulfide) groups is 1. The first kappa shape index (κ1) is 24.8. The van der Waals surface area contributed by atoms with Crippen LogP contribution in [0.5, 0.6) is 0 Å². The second kappa shape index (κ2) is 13.0. The highest BCUT2D eigenvalue weighted by Crippen LogP contribution is 2.36. The fraction of sp³-hybridized carbons (Fsp3) is 0.267. The van der Waals surface area contributed by atoms with E-state index in [9.17, 15) is 4.79 Å². The van der Waals surface area contributed by atoms with Crippen LogP contribution in [0.3, 0.4) is 0 Å². The number of hydrogen-bond donors (Lipinski definition) is 1. The number of carbonyl (C=O) groups excluding carboxylic acids is 1. The maximum Gasteiger partial charge on any atom is 0.220 e. The van der Waals surface area contributed by atoms with E-state index in [2.05, 4.69) is 83.5 Å². The van der Waals surface area contributed by atoms with Crippen LogP contribution in [0.2, 0.25) is 0 Å². The van der Waals surface area contributed by atoms with Gasteiger partial charge in [-0.05, 0) is 31.7 Å². The van der Waals surface area contributed by atoms with Gasteiger partial charge in [-0.3, -0.25) is 4.79 Å². The Morgan fingerprint density at radius 2 is 1.49 bits per heavy atom. The SMILES string of the molecule is CCn1c(SCCCCNC(=O)CCc2ccccc2)nc(-c2ccccc2)c1-c1ccccc1. The van der Waals surface area contributed by atoms with Crippen LogP contribution in [-0.2, 0) is 17.8 Å². The van der Waals surface area contributed by atoms with Crippen molar-refractivity contribution in [3.63, 3.8) is 0 Å². The third kappa shape index (κ3) is 6.86. The van der Waals surface area contributed by atoms with Crippen LogP contribution in [0.1, 0.15) is 31.7 Å². The normalized spacial score (nSPS) is 10.9. The molecule has 180 valence electrons. The molecule has 0 aliphatic carbocycles. The largest absolute Gasteiger partial charge is 0.356 e. The molecule has 1 aromatic heterocycles. The van der Waals surface area contributed by atoms with E-state index < -0.39 is 0 Å². The van der Waals surface area contributed by atoms with E-state index in [0.717, 1.165) is 54.5 Å². The van der Waals surface area contributed by atoms with Crippen molar-refractivity contribution in [2.24, 2.45) is 0 Å². The number of nitrogens with zero attached hydrogens (tertiary/aromatic N) is 2. The summed E-state index contributed by atoms with van der Waals surface area (Å²) >= 11 is 1.80. The van der Waals surface area contributed by atoms with E-state index in [1.165, 1.54) is 16.8 Å². The molecule has 0 aliphatic rings. The Balaban J connectivity index is 1.32. The molecule has 0 radical (unpaired) electrons. The molecule has 0 bridgehead atoms. The topological polar surface area (TPSA) is 46.9 Å². The van der Waals surface area contributed by atoms with Gasteiger partial charge in [-0.15, -0.1) is 0 Å². The molecule has 0 saturated heterocycles. The average molecular weight is 484 g/mol. The van der Waals surface area contributed by atoms with Gasteiger partial charge in [-0.1, -0.05) is 103 Å². The summed E-state index contributed by atoms with van der Waals surface area (Å²) in [6.07, 6.45) is 3.32. The Bertz CT molecular complexity index is 1190. The number of rotatable bonds is 12. The lowest BCUT2D eigenvalue weighted by Gasteiger charge is -2.11. The minimum atomic E-state index is 0.128. The van der Waals surface area contributed by atoms with Crippen LogP contribution < -0.4 is 5.32 Å². The minimum Gasteiger partial charge on any atom is -0.356 e. The molecular weight excluding hydrogens is 450 g/mol. The van der Waals surface area contributed by atoms with Crippen molar-refractivity contribution in [2.45, 2.75) is 44.3 Å². The summed E-state index contributed by atoms with van der Waals surface area (Å²) in [6, 6.07) is 31.1. The van der Waals surface area contributed by atoms with Crippen molar-refractivity contribution in [1.82, 2.24) is 14.9 Å². The molecule has 0 spiro atoms. The van der Waals surface area contributed by atoms with E-state index in [-0.39, 0.29) is 5.91 Å². The number of unbranched alkanes of at least 4 members (excludes halogenated alkanes) is 1. The van der Waals surface area contributed by atoms with Crippen molar-refractivity contribution >= 4 is 17.7 Å². The molecule has 0 aliphatic heterocycles. The zero-order chi connectivity index (χ0) is 24.3. The van der Waals surface area contributed by atoms with Crippen molar-refractivity contribution in [1.29, 1.82) is 0 Å². The lowest BCUT2D eigenvalue weighted by atomic mass is 10.0. The molecule has 5 heteroatoms. The summed E-state index contributed by atoms with van der Waals surface area (Å²) in [6.45, 7) is 3.77. The fourth-order valence-corrected chi connectivity index (χ4v) is 5.19. The first-order valence-electron chi connectivity index (χ1n) is 12.4. The number of aryl methyl sites for hydroxylation is 1. The second-order valence-electron chi connectivity index (χ2n) is 8.46. The lowest BCUT2D eigenvalue weighted by molar-refractivity contribution is -0.121. The summed E-state index contributed by atoms with van der Waals surface area (Å²) in [7, 11) is 0. The molecule has 0 saturated carbocycles. The van der Waals surface area contributed by atoms with Crippen LogP contribution in [0, 0.1) is 0 Å². The number of benzene rings is 3. The number of imidazole rings is 1. The monoisotopic (exact) mass is 483 g/mol. The zero-order valence-electron chi connectivity index (χ0n) is 20.3. The number of nitrogens with one attached hydrogen (secondary N) is 1. The van der Waals surface area contributed by atoms with Gasteiger partial charge in [0.2, 0.25) is 5.91 Å².